The zero-order chi connectivity index (χ0) is 26.7. The zero-order valence-corrected chi connectivity index (χ0v) is 22.7. The molecule has 0 unspecified atom stereocenters. The molecule has 4 heterocycles. The molecule has 7 nitrogen and oxygen atoms in total. The Bertz CT molecular complexity index is 1580. The number of ether oxygens (including phenoxy) is 1. The average molecular weight is 521 g/mol. The minimum atomic E-state index is 0.0513. The van der Waals surface area contributed by atoms with Crippen LogP contribution in [0.4, 0.5) is 5.69 Å². The summed E-state index contributed by atoms with van der Waals surface area (Å²) in [5, 5.41) is 3.89. The van der Waals surface area contributed by atoms with Gasteiger partial charge in [-0.25, -0.2) is 0 Å². The molecule has 39 heavy (non-hydrogen) atoms. The first-order chi connectivity index (χ1) is 18.9. The van der Waals surface area contributed by atoms with Crippen LogP contribution in [-0.4, -0.2) is 54.2 Å². The number of aromatic nitrogens is 2. The van der Waals surface area contributed by atoms with Gasteiger partial charge in [-0.1, -0.05) is 23.4 Å². The summed E-state index contributed by atoms with van der Waals surface area (Å²) >= 11 is 0. The molecule has 7 heteroatoms. The lowest BCUT2D eigenvalue weighted by molar-refractivity contribution is 0.0989. The summed E-state index contributed by atoms with van der Waals surface area (Å²) in [6.07, 6.45) is 3.05. The molecule has 3 aromatic carbocycles. The molecule has 198 valence electrons. The Morgan fingerprint density at radius 1 is 0.949 bits per heavy atom. The summed E-state index contributed by atoms with van der Waals surface area (Å²) < 4.78 is 11.5. The van der Waals surface area contributed by atoms with E-state index >= 15 is 0 Å². The highest BCUT2D eigenvalue weighted by Gasteiger charge is 2.44. The first-order valence-electron chi connectivity index (χ1n) is 13.7. The number of carbonyl (C=O) groups is 1. The maximum absolute atomic E-state index is 13.7. The number of likely N-dealkylation sites (tertiary alicyclic amines) is 1. The van der Waals surface area contributed by atoms with Crippen molar-refractivity contribution in [2.45, 2.75) is 38.5 Å². The molecule has 0 aliphatic carbocycles. The molecule has 0 saturated carbocycles. The molecule has 1 fully saturated rings. The van der Waals surface area contributed by atoms with Crippen molar-refractivity contribution in [1.29, 1.82) is 0 Å². The second-order valence-corrected chi connectivity index (χ2v) is 11.3. The van der Waals surface area contributed by atoms with Crippen molar-refractivity contribution in [3.8, 4) is 28.3 Å². The van der Waals surface area contributed by atoms with Crippen molar-refractivity contribution in [3.05, 3.63) is 82.7 Å². The third-order valence-corrected chi connectivity index (χ3v) is 8.78. The van der Waals surface area contributed by atoms with Gasteiger partial charge in [-0.2, -0.15) is 4.98 Å². The minimum absolute atomic E-state index is 0.0513. The topological polar surface area (TPSA) is 71.7 Å². The molecule has 0 bridgehead atoms. The number of hydrogen-bond acceptors (Lipinski definition) is 6. The predicted octanol–water partition coefficient (Wildman–Crippen LogP) is 5.58. The molecule has 1 spiro atoms. The molecule has 3 aliphatic rings. The van der Waals surface area contributed by atoms with E-state index in [4.69, 9.17) is 9.26 Å². The van der Waals surface area contributed by atoms with E-state index in [1.807, 2.05) is 42.2 Å². The predicted molar refractivity (Wildman–Crippen MR) is 150 cm³/mol. The van der Waals surface area contributed by atoms with Gasteiger partial charge in [0.15, 0.2) is 5.82 Å². The average Bonchev–Trinajstić information content (AvgIpc) is 3.66. The quantitative estimate of drug-likeness (QED) is 0.351. The van der Waals surface area contributed by atoms with Crippen molar-refractivity contribution >= 4 is 11.6 Å². The van der Waals surface area contributed by atoms with Crippen LogP contribution in [0, 0.1) is 13.8 Å². The van der Waals surface area contributed by atoms with Gasteiger partial charge in [0, 0.05) is 34.3 Å². The van der Waals surface area contributed by atoms with E-state index in [0.29, 0.717) is 23.8 Å². The molecule has 3 aliphatic heterocycles. The smallest absolute Gasteiger partial charge is 0.258 e. The second-order valence-electron chi connectivity index (χ2n) is 11.3. The van der Waals surface area contributed by atoms with E-state index in [9.17, 15) is 4.79 Å². The number of carbonyl (C=O) groups excluding carboxylic acids is 1. The van der Waals surface area contributed by atoms with E-state index in [-0.39, 0.29) is 11.3 Å². The molecule has 1 amide bonds. The van der Waals surface area contributed by atoms with Crippen LogP contribution in [0.15, 0.2) is 59.1 Å². The van der Waals surface area contributed by atoms with Crippen molar-refractivity contribution in [1.82, 2.24) is 15.0 Å². The summed E-state index contributed by atoms with van der Waals surface area (Å²) in [4.78, 5) is 22.4. The van der Waals surface area contributed by atoms with Gasteiger partial charge in [0.2, 0.25) is 0 Å². The molecular weight excluding hydrogens is 488 g/mol. The van der Waals surface area contributed by atoms with Crippen LogP contribution >= 0.6 is 0 Å². The Morgan fingerprint density at radius 3 is 2.44 bits per heavy atom. The Kier molecular flexibility index (Phi) is 5.60. The lowest BCUT2D eigenvalue weighted by Crippen LogP contribution is -2.42. The summed E-state index contributed by atoms with van der Waals surface area (Å²) in [7, 11) is 2.19. The van der Waals surface area contributed by atoms with Crippen molar-refractivity contribution in [2.75, 3.05) is 38.2 Å². The Labute approximate surface area is 228 Å². The largest absolute Gasteiger partial charge is 0.492 e. The van der Waals surface area contributed by atoms with E-state index in [1.54, 1.807) is 0 Å². The van der Waals surface area contributed by atoms with Gasteiger partial charge >= 0.3 is 0 Å². The van der Waals surface area contributed by atoms with E-state index < -0.39 is 0 Å². The zero-order valence-electron chi connectivity index (χ0n) is 22.7. The van der Waals surface area contributed by atoms with Gasteiger partial charge in [0.1, 0.15) is 5.75 Å². The van der Waals surface area contributed by atoms with Gasteiger partial charge in [-0.3, -0.25) is 4.79 Å². The highest BCUT2D eigenvalue weighted by molar-refractivity contribution is 6.07. The standard InChI is InChI=1S/C32H32N4O3/c1-20-16-25(30-33-21(2)34-39-30)8-9-26(20)22-4-6-23(7-5-22)31(37)36-13-10-24-17-29-27(18-28(24)36)32(19-38-29)11-14-35(3)15-12-32/h4-9,16-18H,10-15,19H2,1-3H3. The van der Waals surface area contributed by atoms with E-state index in [1.165, 1.54) is 11.1 Å². The SMILES string of the molecule is Cc1noc(-c2ccc(-c3ccc(C(=O)N4CCc5cc6c(cc54)C4(CCN(C)CC4)CO6)cc3)c(C)c2)n1. The number of rotatable bonds is 3. The fourth-order valence-electron chi connectivity index (χ4n) is 6.40. The number of fused-ring (bicyclic) bond motifs is 3. The Hall–Kier alpha value is -3.97. The summed E-state index contributed by atoms with van der Waals surface area (Å²) in [5.74, 6) is 2.21. The molecule has 0 atom stereocenters. The van der Waals surface area contributed by atoms with Crippen LogP contribution in [0.2, 0.25) is 0 Å². The van der Waals surface area contributed by atoms with Crippen LogP contribution in [0.1, 0.15) is 45.7 Å². The monoisotopic (exact) mass is 520 g/mol. The number of hydrogen-bond donors (Lipinski definition) is 0. The summed E-state index contributed by atoms with van der Waals surface area (Å²) in [6, 6.07) is 18.5. The van der Waals surface area contributed by atoms with Crippen molar-refractivity contribution in [2.24, 2.45) is 0 Å². The lowest BCUT2D eigenvalue weighted by Gasteiger charge is -2.37. The van der Waals surface area contributed by atoms with Gasteiger partial charge < -0.3 is 19.1 Å². The molecule has 7 rings (SSSR count). The van der Waals surface area contributed by atoms with Gasteiger partial charge in [0.05, 0.1) is 6.61 Å². The highest BCUT2D eigenvalue weighted by atomic mass is 16.5. The van der Waals surface area contributed by atoms with E-state index in [2.05, 4.69) is 53.3 Å². The number of piperidine rings is 1. The number of amides is 1. The number of benzene rings is 3. The normalized spacial score (nSPS) is 17.8. The van der Waals surface area contributed by atoms with Crippen molar-refractivity contribution < 1.29 is 14.1 Å². The minimum Gasteiger partial charge on any atom is -0.492 e. The molecule has 0 radical (unpaired) electrons. The lowest BCUT2D eigenvalue weighted by atomic mass is 9.74. The van der Waals surface area contributed by atoms with Gasteiger partial charge in [0.25, 0.3) is 11.8 Å². The third-order valence-electron chi connectivity index (χ3n) is 8.78. The van der Waals surface area contributed by atoms with Crippen LogP contribution < -0.4 is 9.64 Å². The summed E-state index contributed by atoms with van der Waals surface area (Å²) in [6.45, 7) is 7.49. The van der Waals surface area contributed by atoms with Gasteiger partial charge in [-0.15, -0.1) is 0 Å². The van der Waals surface area contributed by atoms with Crippen LogP contribution in [0.3, 0.4) is 0 Å². The number of aryl methyl sites for hydroxylation is 2. The molecular formula is C32H32N4O3. The van der Waals surface area contributed by atoms with Crippen LogP contribution in [-0.2, 0) is 11.8 Å². The number of nitrogens with zero attached hydrogens (tertiary/aromatic N) is 4. The van der Waals surface area contributed by atoms with E-state index in [0.717, 1.165) is 72.6 Å². The highest BCUT2D eigenvalue weighted by Crippen LogP contribution is 2.49. The maximum Gasteiger partial charge on any atom is 0.258 e. The summed E-state index contributed by atoms with van der Waals surface area (Å²) in [5.41, 5.74) is 8.51. The first kappa shape index (κ1) is 24.1. The maximum atomic E-state index is 13.7. The third kappa shape index (κ3) is 4.03. The van der Waals surface area contributed by atoms with Crippen molar-refractivity contribution in [3.63, 3.8) is 0 Å². The van der Waals surface area contributed by atoms with Crippen LogP contribution in [0.25, 0.3) is 22.6 Å². The fourth-order valence-corrected chi connectivity index (χ4v) is 6.40. The first-order valence-corrected chi connectivity index (χ1v) is 13.7. The number of anilines is 1. The second kappa shape index (κ2) is 9.06. The van der Waals surface area contributed by atoms with Gasteiger partial charge in [-0.05, 0) is 112 Å². The molecule has 1 aromatic heterocycles. The van der Waals surface area contributed by atoms with Crippen LogP contribution in [0.5, 0.6) is 5.75 Å². The molecule has 0 N–H and O–H groups in total. The Morgan fingerprint density at radius 2 is 1.72 bits per heavy atom. The Balaban J connectivity index is 1.13. The molecule has 4 aromatic rings. The molecule has 1 saturated heterocycles. The fraction of sp³-hybridized carbons (Fsp3) is 0.344.